The van der Waals surface area contributed by atoms with Crippen LogP contribution in [-0.4, -0.2) is 50.5 Å². The molecule has 0 saturated carbocycles. The molecular weight excluding hydrogens is 547 g/mol. The van der Waals surface area contributed by atoms with Crippen LogP contribution >= 0.6 is 20.0 Å². The molecule has 2 heterocycles. The highest BCUT2D eigenvalue weighted by Gasteiger charge is 2.11. The quantitative estimate of drug-likeness (QED) is 0.0616. The standard InChI is InChI=1S/C28H52N5O4PS.H3N/c1-3-4-5-6-7-8-9-10-11-12-13-14-15-16-17-19-39-20-18-36-38(34)37-24-35-25(2)21-33-23-32-26-27(29)30-22-31-28(26)33;/h22-23,25,38H,3-21,24H2,1-2H3,(H2,29,30,31);1H3/t25-;/m1./s1. The van der Waals surface area contributed by atoms with Gasteiger partial charge in [0.25, 0.3) is 0 Å². The highest BCUT2D eigenvalue weighted by Crippen LogP contribution is 2.24. The molecule has 2 atom stereocenters. The van der Waals surface area contributed by atoms with E-state index in [2.05, 4.69) is 21.9 Å². The Morgan fingerprint density at radius 1 is 0.875 bits per heavy atom. The van der Waals surface area contributed by atoms with Crippen molar-refractivity contribution in [1.29, 1.82) is 0 Å². The zero-order valence-corrected chi connectivity index (χ0v) is 26.8. The lowest BCUT2D eigenvalue weighted by Gasteiger charge is -2.14. The second-order valence-electron chi connectivity index (χ2n) is 10.2. The first kappa shape index (κ1) is 36.8. The van der Waals surface area contributed by atoms with Crippen molar-refractivity contribution in [2.24, 2.45) is 0 Å². The molecule has 0 aromatic carbocycles. The monoisotopic (exact) mass is 602 g/mol. The normalized spacial score (nSPS) is 12.9. The topological polar surface area (TPSA) is 149 Å². The molecule has 2 aromatic rings. The maximum atomic E-state index is 11.9. The van der Waals surface area contributed by atoms with Crippen LogP contribution in [0, 0.1) is 0 Å². The number of thioether (sulfide) groups is 1. The number of hydrogen-bond acceptors (Lipinski definition) is 10. The van der Waals surface area contributed by atoms with Gasteiger partial charge in [-0.25, -0.2) is 15.0 Å². The van der Waals surface area contributed by atoms with Crippen LogP contribution in [0.4, 0.5) is 5.82 Å². The fourth-order valence-electron chi connectivity index (χ4n) is 4.46. The first-order valence-electron chi connectivity index (χ1n) is 15.0. The molecule has 2 aromatic heterocycles. The van der Waals surface area contributed by atoms with E-state index < -0.39 is 8.25 Å². The van der Waals surface area contributed by atoms with E-state index in [1.807, 2.05) is 23.3 Å². The molecule has 0 saturated heterocycles. The summed E-state index contributed by atoms with van der Waals surface area (Å²) < 4.78 is 29.9. The van der Waals surface area contributed by atoms with Gasteiger partial charge in [-0.15, -0.1) is 0 Å². The molecular formula is C28H55N6O4PS. The number of anilines is 1. The van der Waals surface area contributed by atoms with E-state index in [1.165, 1.54) is 103 Å². The minimum Gasteiger partial charge on any atom is -0.382 e. The average Bonchev–Trinajstić information content (AvgIpc) is 3.33. The van der Waals surface area contributed by atoms with Crippen LogP contribution in [0.15, 0.2) is 12.7 Å². The van der Waals surface area contributed by atoms with E-state index in [0.29, 0.717) is 30.1 Å². The van der Waals surface area contributed by atoms with Crippen molar-refractivity contribution < 1.29 is 18.3 Å². The third-order valence-corrected chi connectivity index (χ3v) is 8.58. The number of nitrogens with zero attached hydrogens (tertiary/aromatic N) is 4. The summed E-state index contributed by atoms with van der Waals surface area (Å²) in [6, 6.07) is 0. The lowest BCUT2D eigenvalue weighted by molar-refractivity contribution is -0.0364. The summed E-state index contributed by atoms with van der Waals surface area (Å²) in [6.45, 7) is 5.02. The molecule has 2 rings (SSSR count). The van der Waals surface area contributed by atoms with Gasteiger partial charge in [0.15, 0.2) is 18.3 Å². The Morgan fingerprint density at radius 2 is 1.48 bits per heavy atom. The van der Waals surface area contributed by atoms with Gasteiger partial charge >= 0.3 is 8.25 Å². The van der Waals surface area contributed by atoms with Crippen LogP contribution in [-0.2, 0) is 24.9 Å². The summed E-state index contributed by atoms with van der Waals surface area (Å²) in [5.41, 5.74) is 7.03. The average molecular weight is 603 g/mol. The molecule has 0 radical (unpaired) electrons. The van der Waals surface area contributed by atoms with Crippen LogP contribution in [0.3, 0.4) is 0 Å². The predicted molar refractivity (Wildman–Crippen MR) is 168 cm³/mol. The number of nitrogen functional groups attached to an aromatic ring is 1. The molecule has 40 heavy (non-hydrogen) atoms. The minimum atomic E-state index is -2.55. The maximum Gasteiger partial charge on any atom is 0.321 e. The van der Waals surface area contributed by atoms with Crippen LogP contribution in [0.25, 0.3) is 11.2 Å². The molecule has 0 spiro atoms. The SMILES string of the molecule is CCCCCCCCCCCCCCCCCSCCO[PH](=O)OCO[C@H](C)Cn1cnc2c(N)ncnc21.N. The third-order valence-electron chi connectivity index (χ3n) is 6.75. The van der Waals surface area contributed by atoms with Crippen LogP contribution < -0.4 is 11.9 Å². The van der Waals surface area contributed by atoms with Gasteiger partial charge in [-0.05, 0) is 19.1 Å². The summed E-state index contributed by atoms with van der Waals surface area (Å²) in [5.74, 6) is 2.30. The molecule has 10 nitrogen and oxygen atoms in total. The van der Waals surface area contributed by atoms with Crippen molar-refractivity contribution in [2.75, 3.05) is 30.6 Å². The molecule has 5 N–H and O–H groups in total. The van der Waals surface area contributed by atoms with Gasteiger partial charge in [0.2, 0.25) is 0 Å². The first-order valence-corrected chi connectivity index (χ1v) is 17.4. The summed E-state index contributed by atoms with van der Waals surface area (Å²) in [6.07, 6.45) is 23.7. The largest absolute Gasteiger partial charge is 0.382 e. The van der Waals surface area contributed by atoms with E-state index in [1.54, 1.807) is 6.33 Å². The molecule has 0 aliphatic rings. The molecule has 0 aliphatic heterocycles. The number of rotatable bonds is 26. The molecule has 0 fully saturated rings. The second kappa shape index (κ2) is 24.4. The van der Waals surface area contributed by atoms with Crippen LogP contribution in [0.2, 0.25) is 0 Å². The maximum absolute atomic E-state index is 11.9. The molecule has 0 aliphatic carbocycles. The Labute approximate surface area is 246 Å². The van der Waals surface area contributed by atoms with Gasteiger partial charge in [0, 0.05) is 5.75 Å². The zero-order chi connectivity index (χ0) is 28.0. The number of imidazole rings is 1. The van der Waals surface area contributed by atoms with Crippen molar-refractivity contribution in [3.63, 3.8) is 0 Å². The number of aromatic nitrogens is 4. The number of fused-ring (bicyclic) bond motifs is 1. The van der Waals surface area contributed by atoms with Crippen molar-refractivity contribution >= 4 is 37.0 Å². The molecule has 232 valence electrons. The van der Waals surface area contributed by atoms with Gasteiger partial charge in [0.05, 0.1) is 25.6 Å². The molecule has 0 amide bonds. The third kappa shape index (κ3) is 16.9. The smallest absolute Gasteiger partial charge is 0.321 e. The van der Waals surface area contributed by atoms with E-state index in [0.717, 1.165) is 11.5 Å². The lowest BCUT2D eigenvalue weighted by Crippen LogP contribution is -2.17. The minimum absolute atomic E-state index is 0. The van der Waals surface area contributed by atoms with E-state index in [4.69, 9.17) is 19.5 Å². The number of unbranched alkanes of at least 4 members (excludes halogenated alkanes) is 14. The van der Waals surface area contributed by atoms with Gasteiger partial charge in [-0.1, -0.05) is 96.8 Å². The lowest BCUT2D eigenvalue weighted by atomic mass is 10.0. The summed E-state index contributed by atoms with van der Waals surface area (Å²) in [4.78, 5) is 12.4. The number of ether oxygens (including phenoxy) is 1. The highest BCUT2D eigenvalue weighted by molar-refractivity contribution is 7.99. The Balaban J connectivity index is 0.00000800. The molecule has 0 bridgehead atoms. The number of hydrogen-bond donors (Lipinski definition) is 2. The van der Waals surface area contributed by atoms with Crippen molar-refractivity contribution in [2.45, 2.75) is 123 Å². The Kier molecular flexibility index (Phi) is 22.4. The van der Waals surface area contributed by atoms with Crippen molar-refractivity contribution in [1.82, 2.24) is 25.7 Å². The first-order chi connectivity index (χ1) is 19.1. The van der Waals surface area contributed by atoms with Gasteiger partial charge in [-0.2, -0.15) is 11.8 Å². The van der Waals surface area contributed by atoms with Gasteiger partial charge < -0.3 is 25.7 Å². The summed E-state index contributed by atoms with van der Waals surface area (Å²) in [7, 11) is -2.55. The number of nitrogens with two attached hydrogens (primary N) is 1. The zero-order valence-electron chi connectivity index (χ0n) is 25.0. The summed E-state index contributed by atoms with van der Waals surface area (Å²) >= 11 is 1.85. The fourth-order valence-corrected chi connectivity index (χ4v) is 5.94. The van der Waals surface area contributed by atoms with Gasteiger partial charge in [-0.3, -0.25) is 9.09 Å². The van der Waals surface area contributed by atoms with E-state index >= 15 is 0 Å². The van der Waals surface area contributed by atoms with E-state index in [-0.39, 0.29) is 19.0 Å². The van der Waals surface area contributed by atoms with Crippen LogP contribution in [0.1, 0.15) is 110 Å². The summed E-state index contributed by atoms with van der Waals surface area (Å²) in [5, 5.41) is 0. The van der Waals surface area contributed by atoms with Crippen LogP contribution in [0.5, 0.6) is 0 Å². The molecule has 12 heteroatoms. The Bertz CT molecular complexity index is 907. The Hall–Kier alpha value is -1.23. The Morgan fingerprint density at radius 3 is 2.10 bits per heavy atom. The fraction of sp³-hybridized carbons (Fsp3) is 0.821. The van der Waals surface area contributed by atoms with Crippen molar-refractivity contribution in [3.05, 3.63) is 12.7 Å². The van der Waals surface area contributed by atoms with Gasteiger partial charge in [0.1, 0.15) is 11.8 Å². The predicted octanol–water partition coefficient (Wildman–Crippen LogP) is 7.96. The second-order valence-corrected chi connectivity index (χ2v) is 12.5. The van der Waals surface area contributed by atoms with E-state index in [9.17, 15) is 4.57 Å². The highest BCUT2D eigenvalue weighted by atomic mass is 32.2. The molecule has 1 unspecified atom stereocenters. The van der Waals surface area contributed by atoms with Crippen molar-refractivity contribution in [3.8, 4) is 0 Å².